The third kappa shape index (κ3) is 3.73. The van der Waals surface area contributed by atoms with Crippen LogP contribution < -0.4 is 5.73 Å². The van der Waals surface area contributed by atoms with Crippen LogP contribution in [0.1, 0.15) is 19.8 Å². The SMILES string of the molecule is C=C/C=C(\CCC)C(=O)CN. The van der Waals surface area contributed by atoms with Gasteiger partial charge in [0, 0.05) is 0 Å². The zero-order valence-electron chi connectivity index (χ0n) is 6.97. The predicted molar refractivity (Wildman–Crippen MR) is 47.2 cm³/mol. The molecule has 2 N–H and O–H groups in total. The van der Waals surface area contributed by atoms with Crippen LogP contribution in [0.5, 0.6) is 0 Å². The molecule has 0 aliphatic rings. The molecule has 0 heterocycles. The maximum atomic E-state index is 11.1. The Hall–Kier alpha value is -0.890. The summed E-state index contributed by atoms with van der Waals surface area (Å²) < 4.78 is 0. The molecular weight excluding hydrogens is 138 g/mol. The van der Waals surface area contributed by atoms with Gasteiger partial charge in [-0.3, -0.25) is 4.79 Å². The van der Waals surface area contributed by atoms with Crippen molar-refractivity contribution in [1.29, 1.82) is 0 Å². The fraction of sp³-hybridized carbons (Fsp3) is 0.444. The highest BCUT2D eigenvalue weighted by molar-refractivity contribution is 5.96. The van der Waals surface area contributed by atoms with E-state index in [1.54, 1.807) is 12.2 Å². The Balaban J connectivity index is 4.20. The van der Waals surface area contributed by atoms with Crippen LogP contribution in [0.2, 0.25) is 0 Å². The Morgan fingerprint density at radius 2 is 2.27 bits per heavy atom. The zero-order chi connectivity index (χ0) is 8.69. The number of hydrogen-bond donors (Lipinski definition) is 1. The molecule has 0 aliphatic heterocycles. The first-order chi connectivity index (χ1) is 5.26. The fourth-order valence-electron chi connectivity index (χ4n) is 0.858. The first kappa shape index (κ1) is 10.1. The van der Waals surface area contributed by atoms with E-state index in [2.05, 4.69) is 6.58 Å². The van der Waals surface area contributed by atoms with Gasteiger partial charge in [-0.15, -0.1) is 0 Å². The topological polar surface area (TPSA) is 43.1 Å². The highest BCUT2D eigenvalue weighted by Crippen LogP contribution is 2.05. The number of carbonyl (C=O) groups is 1. The summed E-state index contributed by atoms with van der Waals surface area (Å²) in [5.41, 5.74) is 5.99. The van der Waals surface area contributed by atoms with Crippen molar-refractivity contribution in [2.24, 2.45) is 5.73 Å². The van der Waals surface area contributed by atoms with Crippen molar-refractivity contribution < 1.29 is 4.79 Å². The molecule has 0 aliphatic carbocycles. The molecular formula is C9H15NO. The van der Waals surface area contributed by atoms with Gasteiger partial charge in [0.2, 0.25) is 0 Å². The lowest BCUT2D eigenvalue weighted by Crippen LogP contribution is -2.15. The Labute approximate surface area is 67.8 Å². The second-order valence-corrected chi connectivity index (χ2v) is 2.30. The lowest BCUT2D eigenvalue weighted by atomic mass is 10.1. The molecule has 0 saturated carbocycles. The van der Waals surface area contributed by atoms with Crippen molar-refractivity contribution in [1.82, 2.24) is 0 Å². The fourth-order valence-corrected chi connectivity index (χ4v) is 0.858. The van der Waals surface area contributed by atoms with E-state index in [0.29, 0.717) is 0 Å². The molecule has 0 fully saturated rings. The van der Waals surface area contributed by atoms with E-state index < -0.39 is 0 Å². The van der Waals surface area contributed by atoms with Crippen LogP contribution >= 0.6 is 0 Å². The van der Waals surface area contributed by atoms with E-state index in [4.69, 9.17) is 5.73 Å². The van der Waals surface area contributed by atoms with Crippen molar-refractivity contribution in [3.8, 4) is 0 Å². The summed E-state index contributed by atoms with van der Waals surface area (Å²) >= 11 is 0. The van der Waals surface area contributed by atoms with E-state index in [1.807, 2.05) is 6.92 Å². The molecule has 0 unspecified atom stereocenters. The first-order valence-electron chi connectivity index (χ1n) is 3.81. The molecule has 0 bridgehead atoms. The number of Topliss-reactive ketones (excluding diaryl/α,β-unsaturated/α-hetero) is 1. The Kier molecular flexibility index (Phi) is 5.39. The minimum atomic E-state index is 0.0201. The van der Waals surface area contributed by atoms with Gasteiger partial charge in [-0.1, -0.05) is 32.1 Å². The van der Waals surface area contributed by atoms with Gasteiger partial charge in [-0.05, 0) is 12.0 Å². The van der Waals surface area contributed by atoms with Crippen LogP contribution in [-0.4, -0.2) is 12.3 Å². The Morgan fingerprint density at radius 3 is 2.64 bits per heavy atom. The smallest absolute Gasteiger partial charge is 0.172 e. The zero-order valence-corrected chi connectivity index (χ0v) is 6.97. The molecule has 0 aromatic heterocycles. The number of allylic oxidation sites excluding steroid dienone is 2. The standard InChI is InChI=1S/C9H15NO/c1-3-5-8(6-4-2)9(11)7-10/h3,5H,1,4,6-7,10H2,2H3/b8-5+. The van der Waals surface area contributed by atoms with Gasteiger partial charge in [-0.2, -0.15) is 0 Å². The Morgan fingerprint density at radius 1 is 1.64 bits per heavy atom. The van der Waals surface area contributed by atoms with Crippen LogP contribution in [-0.2, 0) is 4.79 Å². The minimum absolute atomic E-state index is 0.0201. The summed E-state index contributed by atoms with van der Waals surface area (Å²) in [7, 11) is 0. The van der Waals surface area contributed by atoms with E-state index in [1.165, 1.54) is 0 Å². The summed E-state index contributed by atoms with van der Waals surface area (Å²) in [6.07, 6.45) is 5.12. The highest BCUT2D eigenvalue weighted by atomic mass is 16.1. The van der Waals surface area contributed by atoms with Gasteiger partial charge in [-0.25, -0.2) is 0 Å². The van der Waals surface area contributed by atoms with Crippen molar-refractivity contribution in [3.05, 3.63) is 24.3 Å². The van der Waals surface area contributed by atoms with Gasteiger partial charge < -0.3 is 5.73 Å². The van der Waals surface area contributed by atoms with E-state index in [0.717, 1.165) is 18.4 Å². The van der Waals surface area contributed by atoms with E-state index in [9.17, 15) is 4.79 Å². The van der Waals surface area contributed by atoms with Crippen molar-refractivity contribution in [3.63, 3.8) is 0 Å². The Bertz CT molecular complexity index is 170. The van der Waals surface area contributed by atoms with Gasteiger partial charge in [0.15, 0.2) is 5.78 Å². The third-order valence-electron chi connectivity index (χ3n) is 1.38. The largest absolute Gasteiger partial charge is 0.324 e. The molecule has 0 atom stereocenters. The van der Waals surface area contributed by atoms with Crippen LogP contribution in [0.25, 0.3) is 0 Å². The van der Waals surface area contributed by atoms with Crippen LogP contribution in [0.4, 0.5) is 0 Å². The molecule has 2 nitrogen and oxygen atoms in total. The third-order valence-corrected chi connectivity index (χ3v) is 1.38. The number of hydrogen-bond acceptors (Lipinski definition) is 2. The minimum Gasteiger partial charge on any atom is -0.324 e. The number of rotatable bonds is 5. The van der Waals surface area contributed by atoms with Crippen LogP contribution in [0.15, 0.2) is 24.3 Å². The molecule has 0 spiro atoms. The van der Waals surface area contributed by atoms with Gasteiger partial charge in [0.05, 0.1) is 6.54 Å². The van der Waals surface area contributed by atoms with Crippen LogP contribution in [0, 0.1) is 0 Å². The monoisotopic (exact) mass is 153 g/mol. The first-order valence-corrected chi connectivity index (χ1v) is 3.81. The van der Waals surface area contributed by atoms with Crippen molar-refractivity contribution >= 4 is 5.78 Å². The lowest BCUT2D eigenvalue weighted by Gasteiger charge is -2.00. The summed E-state index contributed by atoms with van der Waals surface area (Å²) in [5, 5.41) is 0. The van der Waals surface area contributed by atoms with Gasteiger partial charge in [0.1, 0.15) is 0 Å². The normalized spacial score (nSPS) is 11.3. The van der Waals surface area contributed by atoms with Crippen LogP contribution in [0.3, 0.4) is 0 Å². The molecule has 0 radical (unpaired) electrons. The average molecular weight is 153 g/mol. The molecule has 0 amide bonds. The summed E-state index contributed by atoms with van der Waals surface area (Å²) in [6, 6.07) is 0. The molecule has 0 rings (SSSR count). The van der Waals surface area contributed by atoms with Gasteiger partial charge >= 0.3 is 0 Å². The van der Waals surface area contributed by atoms with E-state index in [-0.39, 0.29) is 12.3 Å². The summed E-state index contributed by atoms with van der Waals surface area (Å²) in [5.74, 6) is 0.0201. The number of nitrogens with two attached hydrogens (primary N) is 1. The second kappa shape index (κ2) is 5.86. The van der Waals surface area contributed by atoms with Crippen molar-refractivity contribution in [2.75, 3.05) is 6.54 Å². The molecule has 0 aromatic carbocycles. The predicted octanol–water partition coefficient (Wildman–Crippen LogP) is 1.43. The molecule has 2 heteroatoms. The molecule has 0 saturated heterocycles. The maximum Gasteiger partial charge on any atom is 0.172 e. The van der Waals surface area contributed by atoms with Gasteiger partial charge in [0.25, 0.3) is 0 Å². The average Bonchev–Trinajstić information content (AvgIpc) is 2.03. The summed E-state index contributed by atoms with van der Waals surface area (Å²) in [4.78, 5) is 11.1. The maximum absolute atomic E-state index is 11.1. The summed E-state index contributed by atoms with van der Waals surface area (Å²) in [6.45, 7) is 5.66. The molecule has 0 aromatic rings. The second-order valence-electron chi connectivity index (χ2n) is 2.30. The number of ketones is 1. The highest BCUT2D eigenvalue weighted by Gasteiger charge is 2.03. The van der Waals surface area contributed by atoms with E-state index >= 15 is 0 Å². The molecule has 11 heavy (non-hydrogen) atoms. The van der Waals surface area contributed by atoms with Crippen molar-refractivity contribution in [2.45, 2.75) is 19.8 Å². The number of carbonyl (C=O) groups excluding carboxylic acids is 1. The lowest BCUT2D eigenvalue weighted by molar-refractivity contribution is -0.114. The quantitative estimate of drug-likeness (QED) is 0.479. The molecule has 62 valence electrons.